The topological polar surface area (TPSA) is 78.8 Å². The Bertz CT molecular complexity index is 1050. The second-order valence-corrected chi connectivity index (χ2v) is 9.32. The van der Waals surface area contributed by atoms with E-state index < -0.39 is 0 Å². The molecule has 0 bridgehead atoms. The Morgan fingerprint density at radius 2 is 1.61 bits per heavy atom. The number of hydrogen-bond donors (Lipinski definition) is 0. The fraction of sp³-hybridized carbons (Fsp3) is 0.600. The second kappa shape index (κ2) is 10.5. The normalized spacial score (nSPS) is 18.1. The molecular weight excluding hydrogens is 418 g/mol. The minimum atomic E-state index is -0.152. The Morgan fingerprint density at radius 3 is 2.27 bits per heavy atom. The van der Waals surface area contributed by atoms with Crippen molar-refractivity contribution in [2.45, 2.75) is 45.6 Å². The summed E-state index contributed by atoms with van der Waals surface area (Å²) in [6.45, 7) is 7.09. The average molecular weight is 454 g/mol. The van der Waals surface area contributed by atoms with Crippen LogP contribution in [0.4, 0.5) is 0 Å². The molecule has 0 N–H and O–H groups in total. The minimum absolute atomic E-state index is 0.0230. The summed E-state index contributed by atoms with van der Waals surface area (Å²) in [6, 6.07) is 7.23. The molecule has 0 radical (unpaired) electrons. The van der Waals surface area contributed by atoms with E-state index in [9.17, 15) is 14.4 Å². The van der Waals surface area contributed by atoms with E-state index >= 15 is 0 Å². The quantitative estimate of drug-likeness (QED) is 0.627. The van der Waals surface area contributed by atoms with Gasteiger partial charge in [-0.05, 0) is 32.4 Å². The maximum Gasteiger partial charge on any atom is 0.274 e. The fourth-order valence-electron chi connectivity index (χ4n) is 4.82. The van der Waals surface area contributed by atoms with E-state index in [4.69, 9.17) is 0 Å². The van der Waals surface area contributed by atoms with Crippen LogP contribution in [0.5, 0.6) is 0 Å². The van der Waals surface area contributed by atoms with Crippen molar-refractivity contribution in [2.75, 3.05) is 46.3 Å². The van der Waals surface area contributed by atoms with Gasteiger partial charge in [0, 0.05) is 57.1 Å². The van der Waals surface area contributed by atoms with Crippen molar-refractivity contribution in [1.29, 1.82) is 0 Å². The summed E-state index contributed by atoms with van der Waals surface area (Å²) in [4.78, 5) is 45.3. The molecule has 0 unspecified atom stereocenters. The van der Waals surface area contributed by atoms with Gasteiger partial charge >= 0.3 is 0 Å². The van der Waals surface area contributed by atoms with E-state index in [1.54, 1.807) is 17.0 Å². The molecule has 178 valence electrons. The highest BCUT2D eigenvalue weighted by atomic mass is 16.2. The van der Waals surface area contributed by atoms with Gasteiger partial charge in [-0.1, -0.05) is 38.0 Å². The molecule has 2 aromatic rings. The summed E-state index contributed by atoms with van der Waals surface area (Å²) < 4.78 is 1.45. The maximum absolute atomic E-state index is 13.5. The highest BCUT2D eigenvalue weighted by Gasteiger charge is 2.32. The molecule has 3 heterocycles. The van der Waals surface area contributed by atoms with Crippen LogP contribution in [-0.2, 0) is 11.3 Å². The molecule has 0 aliphatic carbocycles. The van der Waals surface area contributed by atoms with E-state index in [2.05, 4.69) is 24.0 Å². The number of fused-ring (bicyclic) bond motifs is 1. The number of likely N-dealkylation sites (N-methyl/N-ethyl adjacent to an activating group) is 1. The van der Waals surface area contributed by atoms with Gasteiger partial charge in [0.2, 0.25) is 5.91 Å². The zero-order chi connectivity index (χ0) is 23.4. The SMILES string of the molecule is CCCCCn1nc(C(=O)N2CCC(C(=O)N3CCN(C)CC3)CC2)c2ccccc2c1=O. The van der Waals surface area contributed by atoms with Crippen molar-refractivity contribution in [2.24, 2.45) is 5.92 Å². The predicted molar refractivity (Wildman–Crippen MR) is 128 cm³/mol. The molecule has 2 aliphatic heterocycles. The van der Waals surface area contributed by atoms with Gasteiger partial charge in [0.05, 0.1) is 5.39 Å². The third-order valence-electron chi connectivity index (χ3n) is 6.99. The summed E-state index contributed by atoms with van der Waals surface area (Å²) in [5.74, 6) is 0.0503. The number of benzene rings is 1. The lowest BCUT2D eigenvalue weighted by molar-refractivity contribution is -0.138. The Morgan fingerprint density at radius 1 is 0.939 bits per heavy atom. The first-order valence-electron chi connectivity index (χ1n) is 12.3. The molecule has 0 saturated carbocycles. The van der Waals surface area contributed by atoms with Crippen LogP contribution in [0.15, 0.2) is 29.1 Å². The fourth-order valence-corrected chi connectivity index (χ4v) is 4.82. The van der Waals surface area contributed by atoms with Crippen LogP contribution in [0.1, 0.15) is 49.5 Å². The number of nitrogens with zero attached hydrogens (tertiary/aromatic N) is 5. The van der Waals surface area contributed by atoms with E-state index in [-0.39, 0.29) is 23.3 Å². The van der Waals surface area contributed by atoms with Crippen LogP contribution in [0.3, 0.4) is 0 Å². The van der Waals surface area contributed by atoms with Gasteiger partial charge in [-0.2, -0.15) is 5.10 Å². The van der Waals surface area contributed by atoms with Gasteiger partial charge < -0.3 is 14.7 Å². The summed E-state index contributed by atoms with van der Waals surface area (Å²) in [6.07, 6.45) is 4.26. The van der Waals surface area contributed by atoms with Crippen LogP contribution < -0.4 is 5.56 Å². The largest absolute Gasteiger partial charge is 0.340 e. The number of aryl methyl sites for hydroxylation is 1. The lowest BCUT2D eigenvalue weighted by atomic mass is 9.94. The van der Waals surface area contributed by atoms with Crippen LogP contribution in [-0.4, -0.2) is 82.6 Å². The van der Waals surface area contributed by atoms with Crippen LogP contribution in [0, 0.1) is 5.92 Å². The Hall–Kier alpha value is -2.74. The number of aromatic nitrogens is 2. The summed E-state index contributed by atoms with van der Waals surface area (Å²) in [7, 11) is 2.08. The standard InChI is InChI=1S/C25H35N5O3/c1-3-4-7-12-30-24(32)21-9-6-5-8-20(21)22(26-30)25(33)28-13-10-19(11-14-28)23(31)29-17-15-27(2)16-18-29/h5-6,8-9,19H,3-4,7,10-18H2,1-2H3. The monoisotopic (exact) mass is 453 g/mol. The average Bonchev–Trinajstić information content (AvgIpc) is 2.85. The first-order valence-corrected chi connectivity index (χ1v) is 12.3. The highest BCUT2D eigenvalue weighted by molar-refractivity contribution is 6.04. The number of piperidine rings is 1. The molecule has 0 atom stereocenters. The summed E-state index contributed by atoms with van der Waals surface area (Å²) in [5, 5.41) is 5.66. The Kier molecular flexibility index (Phi) is 7.42. The van der Waals surface area contributed by atoms with Gasteiger partial charge in [0.1, 0.15) is 0 Å². The molecule has 2 fully saturated rings. The number of unbranched alkanes of at least 4 members (excludes halogenated alkanes) is 2. The van der Waals surface area contributed by atoms with Crippen molar-refractivity contribution < 1.29 is 9.59 Å². The maximum atomic E-state index is 13.5. The number of piperazine rings is 1. The van der Waals surface area contributed by atoms with Crippen LogP contribution >= 0.6 is 0 Å². The molecule has 33 heavy (non-hydrogen) atoms. The second-order valence-electron chi connectivity index (χ2n) is 9.32. The van der Waals surface area contributed by atoms with Gasteiger partial charge in [-0.25, -0.2) is 4.68 Å². The molecule has 1 aromatic heterocycles. The number of hydrogen-bond acceptors (Lipinski definition) is 5. The molecule has 2 amide bonds. The molecule has 8 nitrogen and oxygen atoms in total. The molecular formula is C25H35N5O3. The van der Waals surface area contributed by atoms with Crippen molar-refractivity contribution in [1.82, 2.24) is 24.5 Å². The molecule has 1 aromatic carbocycles. The van der Waals surface area contributed by atoms with Crippen LogP contribution in [0.2, 0.25) is 0 Å². The smallest absolute Gasteiger partial charge is 0.274 e. The van der Waals surface area contributed by atoms with Gasteiger partial charge in [0.15, 0.2) is 5.69 Å². The van der Waals surface area contributed by atoms with Crippen molar-refractivity contribution in [3.8, 4) is 0 Å². The van der Waals surface area contributed by atoms with E-state index in [1.165, 1.54) is 4.68 Å². The van der Waals surface area contributed by atoms with Crippen molar-refractivity contribution in [3.63, 3.8) is 0 Å². The lowest BCUT2D eigenvalue weighted by Crippen LogP contribution is -2.51. The van der Waals surface area contributed by atoms with E-state index in [0.717, 1.165) is 45.4 Å². The minimum Gasteiger partial charge on any atom is -0.340 e. The van der Waals surface area contributed by atoms with Gasteiger partial charge in [0.25, 0.3) is 11.5 Å². The number of likely N-dealkylation sites (tertiary alicyclic amines) is 1. The highest BCUT2D eigenvalue weighted by Crippen LogP contribution is 2.23. The van der Waals surface area contributed by atoms with Crippen LogP contribution in [0.25, 0.3) is 10.8 Å². The Labute approximate surface area is 195 Å². The molecule has 8 heteroatoms. The van der Waals surface area contributed by atoms with E-state index in [0.29, 0.717) is 48.9 Å². The number of rotatable bonds is 6. The summed E-state index contributed by atoms with van der Waals surface area (Å²) >= 11 is 0. The molecule has 2 aliphatic rings. The van der Waals surface area contributed by atoms with E-state index in [1.807, 2.05) is 17.0 Å². The van der Waals surface area contributed by atoms with Gasteiger partial charge in [-0.3, -0.25) is 14.4 Å². The number of amides is 2. The first-order chi connectivity index (χ1) is 16.0. The molecule has 0 spiro atoms. The molecule has 2 saturated heterocycles. The summed E-state index contributed by atoms with van der Waals surface area (Å²) in [5.41, 5.74) is 0.195. The molecule has 4 rings (SSSR count). The number of carbonyl (C=O) groups excluding carboxylic acids is 2. The third kappa shape index (κ3) is 5.11. The third-order valence-corrected chi connectivity index (χ3v) is 6.99. The van der Waals surface area contributed by atoms with Gasteiger partial charge in [-0.15, -0.1) is 0 Å². The zero-order valence-electron chi connectivity index (χ0n) is 19.8. The Balaban J connectivity index is 1.48. The van der Waals surface area contributed by atoms with Crippen molar-refractivity contribution >= 4 is 22.6 Å². The zero-order valence-corrected chi connectivity index (χ0v) is 19.8. The van der Waals surface area contributed by atoms with Crippen molar-refractivity contribution in [3.05, 3.63) is 40.3 Å². The first kappa shape index (κ1) is 23.4. The number of carbonyl (C=O) groups is 2. The predicted octanol–water partition coefficient (Wildman–Crippen LogP) is 2.21. The lowest BCUT2D eigenvalue weighted by Gasteiger charge is -2.37.